The van der Waals surface area contributed by atoms with Crippen molar-refractivity contribution in [2.75, 3.05) is 13.2 Å². The van der Waals surface area contributed by atoms with E-state index < -0.39 is 32.5 Å². The summed E-state index contributed by atoms with van der Waals surface area (Å²) in [5.41, 5.74) is 0. The van der Waals surface area contributed by atoms with Crippen molar-refractivity contribution in [1.29, 1.82) is 0 Å². The normalized spacial score (nSPS) is 13.4. The third-order valence-corrected chi connectivity index (χ3v) is 7.33. The Morgan fingerprint density at radius 2 is 1.16 bits per heavy atom. The Hall–Kier alpha value is -0.950. The highest BCUT2D eigenvalue weighted by Gasteiger charge is 2.22. The fourth-order valence-electron chi connectivity index (χ4n) is 4.18. The van der Waals surface area contributed by atoms with Gasteiger partial charge in [-0.3, -0.25) is 14.1 Å². The number of phosphoric ester groups is 1. The van der Waals surface area contributed by atoms with Gasteiger partial charge in [0.15, 0.2) is 6.10 Å². The van der Waals surface area contributed by atoms with E-state index in [2.05, 4.69) is 32.2 Å². The standard InChI is InChI=1S/C29H57O8P/c1-5-26(4)20-16-12-9-10-13-17-21-28(30)35-23-27(24-36-38(32,33)34)37-29(31)22-18-14-8-6-7-11-15-19-25(2)3/h25-27H,5-24H2,1-4H3,(H2,32,33,34)/t26?,27-/m1/s1. The van der Waals surface area contributed by atoms with E-state index in [1.54, 1.807) is 0 Å². The average Bonchev–Trinajstić information content (AvgIpc) is 2.85. The Bertz CT molecular complexity index is 634. The van der Waals surface area contributed by atoms with Crippen molar-refractivity contribution in [3.05, 3.63) is 0 Å². The van der Waals surface area contributed by atoms with Crippen molar-refractivity contribution in [1.82, 2.24) is 0 Å². The Kier molecular flexibility index (Phi) is 23.3. The number of hydrogen-bond donors (Lipinski definition) is 2. The van der Waals surface area contributed by atoms with Crippen LogP contribution in [0.25, 0.3) is 0 Å². The van der Waals surface area contributed by atoms with Gasteiger partial charge < -0.3 is 19.3 Å². The molecule has 0 aliphatic rings. The maximum Gasteiger partial charge on any atom is 0.469 e. The predicted octanol–water partition coefficient (Wildman–Crippen LogP) is 7.88. The lowest BCUT2D eigenvalue weighted by atomic mass is 10.00. The maximum absolute atomic E-state index is 12.2. The number of phosphoric acid groups is 1. The minimum Gasteiger partial charge on any atom is -0.462 e. The van der Waals surface area contributed by atoms with Gasteiger partial charge in [0.1, 0.15) is 6.61 Å². The third-order valence-electron chi connectivity index (χ3n) is 6.84. The Morgan fingerprint density at radius 1 is 0.684 bits per heavy atom. The molecule has 0 aromatic carbocycles. The summed E-state index contributed by atoms with van der Waals surface area (Å²) in [6.07, 6.45) is 17.2. The molecule has 0 amide bonds. The van der Waals surface area contributed by atoms with Crippen LogP contribution in [0, 0.1) is 11.8 Å². The van der Waals surface area contributed by atoms with Crippen molar-refractivity contribution in [3.8, 4) is 0 Å². The van der Waals surface area contributed by atoms with E-state index in [-0.39, 0.29) is 19.4 Å². The van der Waals surface area contributed by atoms with Crippen LogP contribution in [-0.2, 0) is 28.2 Å². The van der Waals surface area contributed by atoms with E-state index in [4.69, 9.17) is 19.3 Å². The highest BCUT2D eigenvalue weighted by molar-refractivity contribution is 7.46. The summed E-state index contributed by atoms with van der Waals surface area (Å²) in [5, 5.41) is 0. The van der Waals surface area contributed by atoms with Crippen molar-refractivity contribution in [2.45, 2.75) is 149 Å². The summed E-state index contributed by atoms with van der Waals surface area (Å²) in [6, 6.07) is 0. The molecule has 0 heterocycles. The average molecular weight is 565 g/mol. The highest BCUT2D eigenvalue weighted by Crippen LogP contribution is 2.35. The molecule has 0 aliphatic heterocycles. The zero-order chi connectivity index (χ0) is 28.7. The highest BCUT2D eigenvalue weighted by atomic mass is 31.2. The van der Waals surface area contributed by atoms with E-state index in [0.29, 0.717) is 6.42 Å². The van der Waals surface area contributed by atoms with Crippen LogP contribution < -0.4 is 0 Å². The van der Waals surface area contributed by atoms with Gasteiger partial charge in [-0.15, -0.1) is 0 Å². The first-order valence-corrected chi connectivity index (χ1v) is 16.6. The molecule has 0 radical (unpaired) electrons. The van der Waals surface area contributed by atoms with Gasteiger partial charge in [-0.25, -0.2) is 4.57 Å². The van der Waals surface area contributed by atoms with Gasteiger partial charge in [0, 0.05) is 12.8 Å². The van der Waals surface area contributed by atoms with Gasteiger partial charge in [0.05, 0.1) is 6.61 Å². The molecule has 0 fully saturated rings. The molecule has 0 spiro atoms. The SMILES string of the molecule is CCC(C)CCCCCCCCC(=O)OC[C@H](COP(=O)(O)O)OC(=O)CCCCCCCCCC(C)C. The quantitative estimate of drug-likeness (QED) is 0.0618. The first kappa shape index (κ1) is 37.0. The van der Waals surface area contributed by atoms with Gasteiger partial charge in [-0.1, -0.05) is 118 Å². The lowest BCUT2D eigenvalue weighted by Crippen LogP contribution is -2.29. The van der Waals surface area contributed by atoms with E-state index in [0.717, 1.165) is 50.4 Å². The summed E-state index contributed by atoms with van der Waals surface area (Å²) in [4.78, 5) is 42.3. The van der Waals surface area contributed by atoms with E-state index in [9.17, 15) is 14.2 Å². The monoisotopic (exact) mass is 564 g/mol. The number of carbonyl (C=O) groups excluding carboxylic acids is 2. The minimum absolute atomic E-state index is 0.213. The Morgan fingerprint density at radius 3 is 1.66 bits per heavy atom. The van der Waals surface area contributed by atoms with Gasteiger partial charge in [-0.2, -0.15) is 0 Å². The zero-order valence-electron chi connectivity index (χ0n) is 24.7. The number of rotatable bonds is 26. The molecule has 0 aliphatic carbocycles. The van der Waals surface area contributed by atoms with Crippen LogP contribution in [-0.4, -0.2) is 41.0 Å². The van der Waals surface area contributed by atoms with E-state index >= 15 is 0 Å². The lowest BCUT2D eigenvalue weighted by Gasteiger charge is -2.18. The summed E-state index contributed by atoms with van der Waals surface area (Å²) < 4.78 is 26.1. The number of carbonyl (C=O) groups is 2. The van der Waals surface area contributed by atoms with E-state index in [1.807, 2.05) is 0 Å². The molecule has 0 aromatic rings. The van der Waals surface area contributed by atoms with Gasteiger partial charge in [-0.05, 0) is 24.7 Å². The molecule has 38 heavy (non-hydrogen) atoms. The van der Waals surface area contributed by atoms with Crippen LogP contribution in [0.15, 0.2) is 0 Å². The van der Waals surface area contributed by atoms with Gasteiger partial charge in [0.25, 0.3) is 0 Å². The maximum atomic E-state index is 12.2. The van der Waals surface area contributed by atoms with Crippen molar-refractivity contribution in [2.24, 2.45) is 11.8 Å². The Labute approximate surface area is 232 Å². The van der Waals surface area contributed by atoms with Gasteiger partial charge in [0.2, 0.25) is 0 Å². The second-order valence-corrected chi connectivity index (χ2v) is 12.4. The largest absolute Gasteiger partial charge is 0.469 e. The first-order chi connectivity index (χ1) is 18.0. The van der Waals surface area contributed by atoms with Crippen molar-refractivity contribution < 1.29 is 37.9 Å². The van der Waals surface area contributed by atoms with Crippen LogP contribution in [0.4, 0.5) is 0 Å². The lowest BCUT2D eigenvalue weighted by molar-refractivity contribution is -0.161. The predicted molar refractivity (Wildman–Crippen MR) is 152 cm³/mol. The molecule has 0 saturated carbocycles. The van der Waals surface area contributed by atoms with Gasteiger partial charge >= 0.3 is 19.8 Å². The van der Waals surface area contributed by atoms with Crippen LogP contribution in [0.5, 0.6) is 0 Å². The Balaban J connectivity index is 4.10. The topological polar surface area (TPSA) is 119 Å². The summed E-state index contributed by atoms with van der Waals surface area (Å²) in [7, 11) is -4.73. The van der Waals surface area contributed by atoms with Crippen LogP contribution in [0.2, 0.25) is 0 Å². The number of esters is 2. The van der Waals surface area contributed by atoms with Crippen LogP contribution in [0.1, 0.15) is 143 Å². The van der Waals surface area contributed by atoms with Crippen LogP contribution >= 0.6 is 7.82 Å². The second kappa shape index (κ2) is 23.9. The molecule has 226 valence electrons. The molecule has 0 saturated heterocycles. The first-order valence-electron chi connectivity index (χ1n) is 15.1. The smallest absolute Gasteiger partial charge is 0.462 e. The fourth-order valence-corrected chi connectivity index (χ4v) is 4.54. The molecule has 2 atom stereocenters. The summed E-state index contributed by atoms with van der Waals surface area (Å²) in [5.74, 6) is 0.654. The van der Waals surface area contributed by atoms with E-state index in [1.165, 1.54) is 57.8 Å². The number of hydrogen-bond acceptors (Lipinski definition) is 6. The third kappa shape index (κ3) is 26.6. The molecule has 0 bridgehead atoms. The molecule has 0 rings (SSSR count). The molecular weight excluding hydrogens is 507 g/mol. The molecule has 0 aromatic heterocycles. The molecule has 2 N–H and O–H groups in total. The summed E-state index contributed by atoms with van der Waals surface area (Å²) in [6.45, 7) is 8.18. The van der Waals surface area contributed by atoms with Crippen molar-refractivity contribution >= 4 is 19.8 Å². The second-order valence-electron chi connectivity index (χ2n) is 11.2. The van der Waals surface area contributed by atoms with Crippen molar-refractivity contribution in [3.63, 3.8) is 0 Å². The molecule has 1 unspecified atom stereocenters. The molecular formula is C29H57O8P. The zero-order valence-corrected chi connectivity index (χ0v) is 25.6. The fraction of sp³-hybridized carbons (Fsp3) is 0.931. The molecule has 9 heteroatoms. The molecule has 8 nitrogen and oxygen atoms in total. The number of ether oxygens (including phenoxy) is 2. The van der Waals surface area contributed by atoms with Crippen LogP contribution in [0.3, 0.4) is 0 Å². The summed E-state index contributed by atoms with van der Waals surface area (Å²) >= 11 is 0. The number of unbranched alkanes of at least 4 members (excludes halogenated alkanes) is 11. The minimum atomic E-state index is -4.73.